The Balaban J connectivity index is 2.63. The molecule has 0 N–H and O–H groups in total. The van der Waals surface area contributed by atoms with Crippen LogP contribution in [0.25, 0.3) is 11.3 Å². The van der Waals surface area contributed by atoms with Crippen molar-refractivity contribution in [1.29, 1.82) is 0 Å². The SMILES string of the molecule is CC(C)(C)c1cc(-c2ccccc2)n(C(F)(F)F)n1. The lowest BCUT2D eigenvalue weighted by atomic mass is 9.92. The molecule has 0 spiro atoms. The number of hydrogen-bond acceptors (Lipinski definition) is 1. The summed E-state index contributed by atoms with van der Waals surface area (Å²) in [7, 11) is 0. The average Bonchev–Trinajstić information content (AvgIpc) is 2.74. The fourth-order valence-corrected chi connectivity index (χ4v) is 1.76. The summed E-state index contributed by atoms with van der Waals surface area (Å²) in [6.45, 7) is 5.51. The minimum atomic E-state index is -4.52. The smallest absolute Gasteiger partial charge is 0.171 e. The van der Waals surface area contributed by atoms with Crippen LogP contribution in [0.5, 0.6) is 0 Å². The Labute approximate surface area is 109 Å². The molecular weight excluding hydrogens is 253 g/mol. The Hall–Kier alpha value is -1.78. The van der Waals surface area contributed by atoms with Gasteiger partial charge in [0.15, 0.2) is 0 Å². The quantitative estimate of drug-likeness (QED) is 0.753. The third kappa shape index (κ3) is 2.80. The van der Waals surface area contributed by atoms with E-state index in [0.29, 0.717) is 11.3 Å². The zero-order valence-electron chi connectivity index (χ0n) is 11.0. The molecule has 0 atom stereocenters. The van der Waals surface area contributed by atoms with Crippen LogP contribution in [0, 0.1) is 0 Å². The third-order valence-corrected chi connectivity index (χ3v) is 2.79. The van der Waals surface area contributed by atoms with Crippen LogP contribution in [-0.2, 0) is 11.7 Å². The van der Waals surface area contributed by atoms with Gasteiger partial charge in [0.25, 0.3) is 0 Å². The van der Waals surface area contributed by atoms with Crippen LogP contribution in [0.4, 0.5) is 13.2 Å². The summed E-state index contributed by atoms with van der Waals surface area (Å²) in [4.78, 5) is 0. The molecule has 0 amide bonds. The summed E-state index contributed by atoms with van der Waals surface area (Å²) >= 11 is 0. The number of nitrogens with zero attached hydrogens (tertiary/aromatic N) is 2. The molecule has 0 fully saturated rings. The maximum atomic E-state index is 13.0. The molecule has 0 unspecified atom stereocenters. The number of benzene rings is 1. The lowest BCUT2D eigenvalue weighted by Gasteiger charge is -2.14. The fourth-order valence-electron chi connectivity index (χ4n) is 1.76. The Kier molecular flexibility index (Phi) is 3.16. The van der Waals surface area contributed by atoms with E-state index in [1.54, 1.807) is 30.3 Å². The molecule has 0 aliphatic carbocycles. The van der Waals surface area contributed by atoms with E-state index in [1.807, 2.05) is 20.8 Å². The molecular formula is C14H15F3N2. The molecule has 0 aliphatic heterocycles. The number of hydrogen-bond donors (Lipinski definition) is 0. The molecule has 102 valence electrons. The van der Waals surface area contributed by atoms with Gasteiger partial charge < -0.3 is 0 Å². The lowest BCUT2D eigenvalue weighted by molar-refractivity contribution is -0.211. The summed E-state index contributed by atoms with van der Waals surface area (Å²) in [6, 6.07) is 9.97. The second-order valence-electron chi connectivity index (χ2n) is 5.41. The average molecular weight is 268 g/mol. The molecule has 0 aliphatic rings. The van der Waals surface area contributed by atoms with Gasteiger partial charge in [0.05, 0.1) is 11.4 Å². The van der Waals surface area contributed by atoms with Gasteiger partial charge in [0.2, 0.25) is 0 Å². The first-order chi connectivity index (χ1) is 8.69. The summed E-state index contributed by atoms with van der Waals surface area (Å²) in [5.74, 6) is 0. The topological polar surface area (TPSA) is 17.8 Å². The molecule has 5 heteroatoms. The van der Waals surface area contributed by atoms with Gasteiger partial charge in [-0.2, -0.15) is 9.78 Å². The number of aromatic nitrogens is 2. The maximum absolute atomic E-state index is 13.0. The largest absolute Gasteiger partial charge is 0.505 e. The van der Waals surface area contributed by atoms with Crippen molar-refractivity contribution < 1.29 is 13.2 Å². The minimum Gasteiger partial charge on any atom is -0.171 e. The third-order valence-electron chi connectivity index (χ3n) is 2.79. The van der Waals surface area contributed by atoms with Crippen LogP contribution in [0.3, 0.4) is 0 Å². The fraction of sp³-hybridized carbons (Fsp3) is 0.357. The second-order valence-corrected chi connectivity index (χ2v) is 5.41. The van der Waals surface area contributed by atoms with Crippen molar-refractivity contribution in [3.8, 4) is 11.3 Å². The zero-order chi connectivity index (χ0) is 14.3. The highest BCUT2D eigenvalue weighted by molar-refractivity contribution is 5.60. The highest BCUT2D eigenvalue weighted by Crippen LogP contribution is 2.33. The summed E-state index contributed by atoms with van der Waals surface area (Å²) in [5.41, 5.74) is 0.560. The van der Waals surface area contributed by atoms with Gasteiger partial charge in [-0.25, -0.2) is 0 Å². The summed E-state index contributed by atoms with van der Waals surface area (Å²) in [6.07, 6.45) is -4.52. The normalized spacial score (nSPS) is 12.7. The number of alkyl halides is 3. The Bertz CT molecular complexity index is 563. The van der Waals surface area contributed by atoms with Gasteiger partial charge >= 0.3 is 6.30 Å². The standard InChI is InChI=1S/C14H15F3N2/c1-13(2,3)12-9-11(10-7-5-4-6-8-10)19(18-12)14(15,16)17/h4-9H,1-3H3. The molecule has 0 saturated carbocycles. The predicted molar refractivity (Wildman–Crippen MR) is 67.7 cm³/mol. The van der Waals surface area contributed by atoms with Crippen LogP contribution in [-0.4, -0.2) is 9.78 Å². The highest BCUT2D eigenvalue weighted by atomic mass is 19.4. The van der Waals surface area contributed by atoms with Crippen LogP contribution in [0.2, 0.25) is 0 Å². The van der Waals surface area contributed by atoms with Gasteiger partial charge in [0.1, 0.15) is 0 Å². The van der Waals surface area contributed by atoms with Crippen LogP contribution < -0.4 is 0 Å². The Morgan fingerprint density at radius 1 is 1.00 bits per heavy atom. The first-order valence-corrected chi connectivity index (χ1v) is 5.93. The van der Waals surface area contributed by atoms with E-state index in [1.165, 1.54) is 6.07 Å². The predicted octanol–water partition coefficient (Wildman–Crippen LogP) is 4.32. The number of rotatable bonds is 1. The molecule has 2 rings (SSSR count). The van der Waals surface area contributed by atoms with E-state index in [0.717, 1.165) is 0 Å². The van der Waals surface area contributed by atoms with Crippen molar-refractivity contribution in [2.75, 3.05) is 0 Å². The molecule has 0 radical (unpaired) electrons. The van der Waals surface area contributed by atoms with E-state index in [9.17, 15) is 13.2 Å². The molecule has 1 aromatic heterocycles. The van der Waals surface area contributed by atoms with Gasteiger partial charge in [-0.3, -0.25) is 0 Å². The molecule has 1 aromatic carbocycles. The highest BCUT2D eigenvalue weighted by Gasteiger charge is 2.36. The van der Waals surface area contributed by atoms with Gasteiger partial charge in [-0.05, 0) is 6.07 Å². The van der Waals surface area contributed by atoms with Crippen molar-refractivity contribution in [1.82, 2.24) is 9.78 Å². The van der Waals surface area contributed by atoms with Gasteiger partial charge in [0, 0.05) is 11.0 Å². The monoisotopic (exact) mass is 268 g/mol. The van der Waals surface area contributed by atoms with E-state index in [-0.39, 0.29) is 10.4 Å². The maximum Gasteiger partial charge on any atom is 0.505 e. The van der Waals surface area contributed by atoms with E-state index in [2.05, 4.69) is 5.10 Å². The second kappa shape index (κ2) is 4.40. The van der Waals surface area contributed by atoms with Gasteiger partial charge in [-0.1, -0.05) is 51.1 Å². The minimum absolute atomic E-state index is 0.0676. The van der Waals surface area contributed by atoms with E-state index in [4.69, 9.17) is 0 Å². The van der Waals surface area contributed by atoms with Crippen LogP contribution >= 0.6 is 0 Å². The van der Waals surface area contributed by atoms with Crippen molar-refractivity contribution in [3.05, 3.63) is 42.1 Å². The Morgan fingerprint density at radius 2 is 1.58 bits per heavy atom. The van der Waals surface area contributed by atoms with E-state index >= 15 is 0 Å². The van der Waals surface area contributed by atoms with Crippen molar-refractivity contribution in [2.24, 2.45) is 0 Å². The molecule has 0 bridgehead atoms. The first-order valence-electron chi connectivity index (χ1n) is 5.93. The van der Waals surface area contributed by atoms with Crippen molar-refractivity contribution >= 4 is 0 Å². The summed E-state index contributed by atoms with van der Waals surface area (Å²) < 4.78 is 39.2. The lowest BCUT2D eigenvalue weighted by Crippen LogP contribution is -2.21. The van der Waals surface area contributed by atoms with Crippen molar-refractivity contribution in [3.63, 3.8) is 0 Å². The molecule has 2 aromatic rings. The number of halogens is 3. The Morgan fingerprint density at radius 3 is 2.05 bits per heavy atom. The van der Waals surface area contributed by atoms with Crippen molar-refractivity contribution in [2.45, 2.75) is 32.5 Å². The first kappa shape index (κ1) is 13.6. The van der Waals surface area contributed by atoms with E-state index < -0.39 is 11.7 Å². The molecule has 1 heterocycles. The van der Waals surface area contributed by atoms with Gasteiger partial charge in [-0.15, -0.1) is 13.2 Å². The molecule has 2 nitrogen and oxygen atoms in total. The molecule has 0 saturated heterocycles. The van der Waals surface area contributed by atoms with Crippen LogP contribution in [0.15, 0.2) is 36.4 Å². The van der Waals surface area contributed by atoms with Crippen LogP contribution in [0.1, 0.15) is 26.5 Å². The summed E-state index contributed by atoms with van der Waals surface area (Å²) in [5, 5.41) is 3.72. The molecule has 19 heavy (non-hydrogen) atoms. The zero-order valence-corrected chi connectivity index (χ0v) is 11.0.